The van der Waals surface area contributed by atoms with Gasteiger partial charge in [0.05, 0.1) is 13.1 Å². The van der Waals surface area contributed by atoms with Crippen LogP contribution >= 0.6 is 0 Å². The Morgan fingerprint density at radius 3 is 2.67 bits per heavy atom. The normalized spacial score (nSPS) is 25.4. The zero-order chi connectivity index (χ0) is 10.9. The fourth-order valence-electron chi connectivity index (χ4n) is 2.10. The summed E-state index contributed by atoms with van der Waals surface area (Å²) in [4.78, 5) is 25.7. The summed E-state index contributed by atoms with van der Waals surface area (Å²) in [6, 6.07) is 0. The van der Waals surface area contributed by atoms with Crippen molar-refractivity contribution in [3.8, 4) is 0 Å². The minimum atomic E-state index is 0.109. The number of carbonyl (C=O) groups is 1. The summed E-state index contributed by atoms with van der Waals surface area (Å²) in [5.41, 5.74) is 0.109. The molecule has 1 heterocycles. The lowest BCUT2D eigenvalue weighted by molar-refractivity contribution is -0.134. The molecule has 0 N–H and O–H groups in total. The number of nitrogens with zero attached hydrogens (tertiary/aromatic N) is 3. The van der Waals surface area contributed by atoms with E-state index in [-0.39, 0.29) is 11.3 Å². The zero-order valence-electron chi connectivity index (χ0n) is 9.11. The van der Waals surface area contributed by atoms with Crippen LogP contribution in [0, 0.1) is 10.3 Å². The van der Waals surface area contributed by atoms with Gasteiger partial charge in [-0.25, -0.2) is 0 Å². The minimum absolute atomic E-state index is 0.109. The first-order valence-electron chi connectivity index (χ1n) is 5.41. The highest BCUT2D eigenvalue weighted by Crippen LogP contribution is 2.46. The van der Waals surface area contributed by atoms with Crippen molar-refractivity contribution < 1.29 is 4.79 Å². The Labute approximate surface area is 89.4 Å². The molecule has 1 aliphatic carbocycles. The summed E-state index contributed by atoms with van der Waals surface area (Å²) >= 11 is 0. The van der Waals surface area contributed by atoms with E-state index in [9.17, 15) is 9.70 Å². The van der Waals surface area contributed by atoms with E-state index in [1.54, 1.807) is 4.90 Å². The molecule has 2 rings (SSSR count). The van der Waals surface area contributed by atoms with Gasteiger partial charge in [0.2, 0.25) is 5.91 Å². The highest BCUT2D eigenvalue weighted by atomic mass is 16.3. The molecule has 0 unspecified atom stereocenters. The molecule has 15 heavy (non-hydrogen) atoms. The molecule has 0 atom stereocenters. The average molecular weight is 211 g/mol. The number of likely N-dealkylation sites (N-methyl/N-ethyl adjacent to an activating group) is 1. The maximum Gasteiger partial charge on any atom is 0.236 e. The molecule has 1 aliphatic heterocycles. The fraction of sp³-hybridized carbons (Fsp3) is 0.900. The van der Waals surface area contributed by atoms with E-state index in [1.807, 2.05) is 7.05 Å². The van der Waals surface area contributed by atoms with Gasteiger partial charge in [-0.1, -0.05) is 5.18 Å². The van der Waals surface area contributed by atoms with E-state index in [0.29, 0.717) is 13.1 Å². The summed E-state index contributed by atoms with van der Waals surface area (Å²) in [5, 5.41) is 3.00. The van der Waals surface area contributed by atoms with E-state index < -0.39 is 0 Å². The average Bonchev–Trinajstić information content (AvgIpc) is 2.92. The monoisotopic (exact) mass is 211 g/mol. The van der Waals surface area contributed by atoms with Crippen LogP contribution in [0.2, 0.25) is 0 Å². The molecule has 0 aromatic heterocycles. The van der Waals surface area contributed by atoms with Gasteiger partial charge in [-0.05, 0) is 12.8 Å². The van der Waals surface area contributed by atoms with Crippen LogP contribution in [-0.2, 0) is 4.79 Å². The van der Waals surface area contributed by atoms with Crippen LogP contribution in [-0.4, -0.2) is 55.5 Å². The van der Waals surface area contributed by atoms with E-state index in [2.05, 4.69) is 10.1 Å². The lowest BCUT2D eigenvalue weighted by Gasteiger charge is -2.33. The van der Waals surface area contributed by atoms with E-state index in [0.717, 1.165) is 32.5 Å². The van der Waals surface area contributed by atoms with Crippen LogP contribution in [0.1, 0.15) is 12.8 Å². The quantitative estimate of drug-likeness (QED) is 0.629. The van der Waals surface area contributed by atoms with Crippen LogP contribution in [0.3, 0.4) is 0 Å². The summed E-state index contributed by atoms with van der Waals surface area (Å²) in [6.45, 7) is 3.48. The summed E-state index contributed by atoms with van der Waals surface area (Å²) in [5.74, 6) is 0.177. The number of piperazine rings is 1. The Morgan fingerprint density at radius 2 is 2.13 bits per heavy atom. The van der Waals surface area contributed by atoms with Crippen molar-refractivity contribution in [3.05, 3.63) is 4.91 Å². The van der Waals surface area contributed by atoms with Crippen molar-refractivity contribution >= 4 is 5.91 Å². The second kappa shape index (κ2) is 3.89. The molecular formula is C10H17N3O2. The molecule has 2 fully saturated rings. The molecule has 0 aromatic rings. The summed E-state index contributed by atoms with van der Waals surface area (Å²) in [7, 11) is 1.83. The molecule has 1 saturated carbocycles. The lowest BCUT2D eigenvalue weighted by atomic mass is 10.1. The summed E-state index contributed by atoms with van der Waals surface area (Å²) in [6.07, 6.45) is 2.17. The first-order chi connectivity index (χ1) is 7.15. The maximum absolute atomic E-state index is 11.5. The molecule has 0 radical (unpaired) electrons. The molecule has 84 valence electrons. The predicted octanol–water partition coefficient (Wildman–Crippen LogP) is 0.307. The Balaban J connectivity index is 1.85. The standard InChI is InChI=1S/C10H17N3O2/c1-12-4-5-13(6-9(12)14)8-10(2-3-10)7-11-15/h2-8H2,1H3. The van der Waals surface area contributed by atoms with Gasteiger partial charge in [0.25, 0.3) is 0 Å². The Hall–Kier alpha value is -0.970. The molecule has 5 heteroatoms. The van der Waals surface area contributed by atoms with Gasteiger partial charge in [0.1, 0.15) is 0 Å². The van der Waals surface area contributed by atoms with Crippen molar-refractivity contribution in [2.45, 2.75) is 12.8 Å². The molecule has 2 aliphatic rings. The van der Waals surface area contributed by atoms with Crippen molar-refractivity contribution in [2.24, 2.45) is 10.6 Å². The van der Waals surface area contributed by atoms with Gasteiger partial charge in [-0.3, -0.25) is 9.69 Å². The topological polar surface area (TPSA) is 53.0 Å². The Bertz CT molecular complexity index is 276. The van der Waals surface area contributed by atoms with E-state index in [4.69, 9.17) is 0 Å². The largest absolute Gasteiger partial charge is 0.343 e. The first-order valence-corrected chi connectivity index (χ1v) is 5.41. The number of hydrogen-bond acceptors (Lipinski definition) is 4. The van der Waals surface area contributed by atoms with Gasteiger partial charge in [-0.2, -0.15) is 4.91 Å². The third-order valence-corrected chi connectivity index (χ3v) is 3.45. The number of nitroso groups, excluding NO2 is 1. The maximum atomic E-state index is 11.5. The first kappa shape index (κ1) is 10.5. The Morgan fingerprint density at radius 1 is 1.40 bits per heavy atom. The molecule has 0 bridgehead atoms. The number of hydrogen-bond donors (Lipinski definition) is 0. The fourth-order valence-corrected chi connectivity index (χ4v) is 2.10. The van der Waals surface area contributed by atoms with E-state index in [1.165, 1.54) is 0 Å². The third-order valence-electron chi connectivity index (χ3n) is 3.45. The molecule has 0 spiro atoms. The molecule has 0 aromatic carbocycles. The molecular weight excluding hydrogens is 194 g/mol. The number of rotatable bonds is 4. The van der Waals surface area contributed by atoms with Crippen molar-refractivity contribution in [1.82, 2.24) is 9.80 Å². The van der Waals surface area contributed by atoms with Crippen LogP contribution in [0.4, 0.5) is 0 Å². The van der Waals surface area contributed by atoms with Gasteiger partial charge >= 0.3 is 0 Å². The van der Waals surface area contributed by atoms with Crippen LogP contribution in [0.15, 0.2) is 5.18 Å². The third kappa shape index (κ3) is 2.34. The second-order valence-electron chi connectivity index (χ2n) is 4.81. The summed E-state index contributed by atoms with van der Waals surface area (Å²) < 4.78 is 0. The van der Waals surface area contributed by atoms with Crippen molar-refractivity contribution in [1.29, 1.82) is 0 Å². The van der Waals surface area contributed by atoms with Gasteiger partial charge in [-0.15, -0.1) is 0 Å². The van der Waals surface area contributed by atoms with Crippen molar-refractivity contribution in [3.63, 3.8) is 0 Å². The van der Waals surface area contributed by atoms with E-state index >= 15 is 0 Å². The second-order valence-corrected chi connectivity index (χ2v) is 4.81. The van der Waals surface area contributed by atoms with Gasteiger partial charge in [0, 0.05) is 32.1 Å². The minimum Gasteiger partial charge on any atom is -0.343 e. The lowest BCUT2D eigenvalue weighted by Crippen LogP contribution is -2.50. The molecule has 5 nitrogen and oxygen atoms in total. The van der Waals surface area contributed by atoms with Crippen LogP contribution in [0.5, 0.6) is 0 Å². The number of carbonyl (C=O) groups excluding carboxylic acids is 1. The highest BCUT2D eigenvalue weighted by molar-refractivity contribution is 5.78. The van der Waals surface area contributed by atoms with Gasteiger partial charge < -0.3 is 4.90 Å². The Kier molecular flexibility index (Phi) is 2.73. The zero-order valence-corrected chi connectivity index (χ0v) is 9.11. The smallest absolute Gasteiger partial charge is 0.236 e. The molecule has 1 saturated heterocycles. The van der Waals surface area contributed by atoms with Crippen molar-refractivity contribution in [2.75, 3.05) is 39.8 Å². The number of amides is 1. The SMILES string of the molecule is CN1CCN(CC2(CN=O)CC2)CC1=O. The van der Waals surface area contributed by atoms with Crippen LogP contribution in [0.25, 0.3) is 0 Å². The highest BCUT2D eigenvalue weighted by Gasteiger charge is 2.45. The molecule has 1 amide bonds. The predicted molar refractivity (Wildman–Crippen MR) is 56.4 cm³/mol. The van der Waals surface area contributed by atoms with Crippen LogP contribution < -0.4 is 0 Å². The van der Waals surface area contributed by atoms with Gasteiger partial charge in [0.15, 0.2) is 0 Å².